The van der Waals surface area contributed by atoms with E-state index in [4.69, 9.17) is 0 Å². The van der Waals surface area contributed by atoms with Gasteiger partial charge in [-0.05, 0) is 25.5 Å². The summed E-state index contributed by atoms with van der Waals surface area (Å²) in [5.41, 5.74) is 3.90. The molecule has 3 rings (SSSR count). The molecule has 4 atom stereocenters. The molecule has 2 saturated heterocycles. The van der Waals surface area contributed by atoms with Crippen molar-refractivity contribution >= 4 is 17.4 Å². The van der Waals surface area contributed by atoms with Crippen molar-refractivity contribution in [1.29, 1.82) is 0 Å². The first-order valence-corrected chi connectivity index (χ1v) is 7.58. The van der Waals surface area contributed by atoms with Gasteiger partial charge in [0, 0.05) is 12.0 Å². The molecule has 2 aliphatic rings. The van der Waals surface area contributed by atoms with E-state index in [0.717, 1.165) is 18.5 Å². The number of ketones is 1. The minimum absolute atomic E-state index is 0.0716. The Morgan fingerprint density at radius 3 is 2.57 bits per heavy atom. The van der Waals surface area contributed by atoms with Crippen LogP contribution in [0, 0.1) is 11.8 Å². The lowest BCUT2D eigenvalue weighted by atomic mass is 9.80. The fourth-order valence-electron chi connectivity index (χ4n) is 3.34. The van der Waals surface area contributed by atoms with Gasteiger partial charge in [-0.15, -0.1) is 0 Å². The summed E-state index contributed by atoms with van der Waals surface area (Å²) in [7, 11) is 0. The summed E-state index contributed by atoms with van der Waals surface area (Å²) in [6.45, 7) is 4.09. The maximum absolute atomic E-state index is 12.7. The number of amides is 1. The van der Waals surface area contributed by atoms with Crippen LogP contribution in [0.3, 0.4) is 0 Å². The smallest absolute Gasteiger partial charge is 0.255 e. The number of Topliss-reactive ketones (excluding diaryl/α,β-unsaturated/α-hetero) is 1. The summed E-state index contributed by atoms with van der Waals surface area (Å²) >= 11 is 0. The van der Waals surface area contributed by atoms with Crippen LogP contribution in [-0.4, -0.2) is 23.9 Å². The second kappa shape index (κ2) is 5.58. The minimum atomic E-state index is -0.613. The highest BCUT2D eigenvalue weighted by molar-refractivity contribution is 6.11. The molecule has 0 bridgehead atoms. The number of nitrogens with one attached hydrogen (secondary N) is 2. The van der Waals surface area contributed by atoms with Crippen LogP contribution in [-0.2, 0) is 9.59 Å². The zero-order chi connectivity index (χ0) is 15.0. The quantitative estimate of drug-likeness (QED) is 0.826. The molecule has 112 valence electrons. The lowest BCUT2D eigenvalue weighted by Gasteiger charge is -2.34. The number of carbonyl (C=O) groups excluding carboxylic acids is 2. The van der Waals surface area contributed by atoms with Crippen LogP contribution in [0.5, 0.6) is 0 Å². The molecule has 0 aliphatic carbocycles. The highest BCUT2D eigenvalue weighted by atomic mass is 16.2. The first-order chi connectivity index (χ1) is 10.1. The van der Waals surface area contributed by atoms with E-state index in [1.807, 2.05) is 37.3 Å². The molecule has 2 fully saturated rings. The molecule has 0 saturated carbocycles. The van der Waals surface area contributed by atoms with E-state index in [2.05, 4.69) is 17.7 Å². The number of hydrazine groups is 1. The maximum Gasteiger partial charge on any atom is 0.255 e. The van der Waals surface area contributed by atoms with Crippen molar-refractivity contribution in [2.75, 3.05) is 5.01 Å². The summed E-state index contributed by atoms with van der Waals surface area (Å²) in [6.07, 6.45) is 1.48. The van der Waals surface area contributed by atoms with Gasteiger partial charge in [0.25, 0.3) is 5.91 Å². The van der Waals surface area contributed by atoms with E-state index >= 15 is 0 Å². The molecule has 2 N–H and O–H groups in total. The van der Waals surface area contributed by atoms with Crippen molar-refractivity contribution in [3.05, 3.63) is 30.3 Å². The lowest BCUT2D eigenvalue weighted by molar-refractivity contribution is -0.137. The average molecular weight is 287 g/mol. The topological polar surface area (TPSA) is 61.4 Å². The predicted molar refractivity (Wildman–Crippen MR) is 80.3 cm³/mol. The SMILES string of the molecule is CCCC1C(=O)C2C(=O)N(c3ccccc3)NC2NC1C. The number of carbonyl (C=O) groups is 2. The molecule has 2 heterocycles. The van der Waals surface area contributed by atoms with Crippen LogP contribution in [0.4, 0.5) is 5.69 Å². The summed E-state index contributed by atoms with van der Waals surface area (Å²) in [5, 5.41) is 4.88. The molecule has 0 aromatic heterocycles. The third kappa shape index (κ3) is 2.36. The van der Waals surface area contributed by atoms with Crippen molar-refractivity contribution in [3.8, 4) is 0 Å². The average Bonchev–Trinajstić information content (AvgIpc) is 2.81. The number of benzene rings is 1. The minimum Gasteiger partial charge on any atom is -0.298 e. The van der Waals surface area contributed by atoms with E-state index in [1.54, 1.807) is 0 Å². The highest BCUT2D eigenvalue weighted by Gasteiger charge is 2.51. The van der Waals surface area contributed by atoms with E-state index in [1.165, 1.54) is 5.01 Å². The largest absolute Gasteiger partial charge is 0.298 e. The second-order valence-corrected chi connectivity index (χ2v) is 5.85. The van der Waals surface area contributed by atoms with Crippen LogP contribution in [0.15, 0.2) is 30.3 Å². The first kappa shape index (κ1) is 14.2. The van der Waals surface area contributed by atoms with Gasteiger partial charge in [0.1, 0.15) is 5.92 Å². The van der Waals surface area contributed by atoms with Gasteiger partial charge in [-0.2, -0.15) is 0 Å². The molecule has 0 radical (unpaired) electrons. The summed E-state index contributed by atoms with van der Waals surface area (Å²) in [4.78, 5) is 25.3. The molecule has 5 heteroatoms. The monoisotopic (exact) mass is 287 g/mol. The van der Waals surface area contributed by atoms with Gasteiger partial charge >= 0.3 is 0 Å². The van der Waals surface area contributed by atoms with Crippen LogP contribution in [0.1, 0.15) is 26.7 Å². The number of nitrogens with zero attached hydrogens (tertiary/aromatic N) is 1. The fraction of sp³-hybridized carbons (Fsp3) is 0.500. The van der Waals surface area contributed by atoms with Crippen molar-refractivity contribution in [1.82, 2.24) is 10.7 Å². The van der Waals surface area contributed by atoms with Crippen molar-refractivity contribution in [3.63, 3.8) is 0 Å². The fourth-order valence-corrected chi connectivity index (χ4v) is 3.34. The van der Waals surface area contributed by atoms with E-state index < -0.39 is 5.92 Å². The molecule has 1 aromatic rings. The Labute approximate surface area is 124 Å². The molecule has 1 aromatic carbocycles. The van der Waals surface area contributed by atoms with Gasteiger partial charge in [-0.25, -0.2) is 10.4 Å². The summed E-state index contributed by atoms with van der Waals surface area (Å²) in [6, 6.07) is 9.47. The zero-order valence-electron chi connectivity index (χ0n) is 12.4. The van der Waals surface area contributed by atoms with Gasteiger partial charge in [-0.1, -0.05) is 31.5 Å². The number of hydrogen-bond acceptors (Lipinski definition) is 4. The van der Waals surface area contributed by atoms with Crippen LogP contribution in [0.25, 0.3) is 0 Å². The van der Waals surface area contributed by atoms with Crippen LogP contribution < -0.4 is 15.8 Å². The normalized spacial score (nSPS) is 32.4. The van der Waals surface area contributed by atoms with E-state index in [0.29, 0.717) is 0 Å². The Hall–Kier alpha value is -1.72. The Morgan fingerprint density at radius 2 is 1.90 bits per heavy atom. The number of para-hydroxylation sites is 1. The predicted octanol–water partition coefficient (Wildman–Crippen LogP) is 1.46. The van der Waals surface area contributed by atoms with Gasteiger partial charge in [0.2, 0.25) is 0 Å². The third-order valence-electron chi connectivity index (χ3n) is 4.42. The first-order valence-electron chi connectivity index (χ1n) is 7.58. The molecule has 21 heavy (non-hydrogen) atoms. The standard InChI is InChI=1S/C16H21N3O2/c1-3-7-12-10(2)17-15-13(14(12)20)16(21)19(18-15)11-8-5-4-6-9-11/h4-6,8-10,12-13,15,17-18H,3,7H2,1-2H3. The molecule has 0 spiro atoms. The molecule has 2 aliphatic heterocycles. The zero-order valence-corrected chi connectivity index (χ0v) is 12.4. The Balaban J connectivity index is 1.86. The second-order valence-electron chi connectivity index (χ2n) is 5.85. The van der Waals surface area contributed by atoms with Crippen LogP contribution >= 0.6 is 0 Å². The highest BCUT2D eigenvalue weighted by Crippen LogP contribution is 2.31. The van der Waals surface area contributed by atoms with Crippen molar-refractivity contribution < 1.29 is 9.59 Å². The maximum atomic E-state index is 12.7. The lowest BCUT2D eigenvalue weighted by Crippen LogP contribution is -2.59. The number of piperidine rings is 1. The molecule has 5 nitrogen and oxygen atoms in total. The third-order valence-corrected chi connectivity index (χ3v) is 4.42. The van der Waals surface area contributed by atoms with Crippen molar-refractivity contribution in [2.45, 2.75) is 38.9 Å². The summed E-state index contributed by atoms with van der Waals surface area (Å²) < 4.78 is 0. The molecule has 4 unspecified atom stereocenters. The van der Waals surface area contributed by atoms with Gasteiger partial charge < -0.3 is 0 Å². The van der Waals surface area contributed by atoms with Gasteiger partial charge in [0.05, 0.1) is 11.9 Å². The Bertz CT molecular complexity index is 546. The summed E-state index contributed by atoms with van der Waals surface area (Å²) in [5.74, 6) is -0.767. The molecule has 1 amide bonds. The Morgan fingerprint density at radius 1 is 1.19 bits per heavy atom. The van der Waals surface area contributed by atoms with Gasteiger partial charge in [-0.3, -0.25) is 14.9 Å². The molecular formula is C16H21N3O2. The van der Waals surface area contributed by atoms with Crippen molar-refractivity contribution in [2.24, 2.45) is 11.8 Å². The number of fused-ring (bicyclic) bond motifs is 1. The number of rotatable bonds is 3. The van der Waals surface area contributed by atoms with E-state index in [9.17, 15) is 9.59 Å². The molecular weight excluding hydrogens is 266 g/mol. The number of hydrogen-bond donors (Lipinski definition) is 2. The van der Waals surface area contributed by atoms with Crippen LogP contribution in [0.2, 0.25) is 0 Å². The van der Waals surface area contributed by atoms with E-state index in [-0.39, 0.29) is 29.8 Å². The van der Waals surface area contributed by atoms with Gasteiger partial charge in [0.15, 0.2) is 5.78 Å². The number of anilines is 1. The Kier molecular flexibility index (Phi) is 3.78.